The van der Waals surface area contributed by atoms with E-state index in [9.17, 15) is 8.42 Å². The molecule has 110 valence electrons. The highest BCUT2D eigenvalue weighted by Gasteiger charge is 2.17. The summed E-state index contributed by atoms with van der Waals surface area (Å²) < 4.78 is 31.7. The molecular weight excluding hydrogens is 294 g/mol. The second kappa shape index (κ2) is 5.80. The zero-order valence-corrected chi connectivity index (χ0v) is 12.2. The van der Waals surface area contributed by atoms with E-state index >= 15 is 0 Å². The summed E-state index contributed by atoms with van der Waals surface area (Å²) in [6, 6.07) is 6.27. The maximum atomic E-state index is 12.2. The van der Waals surface area contributed by atoms with Crippen molar-refractivity contribution in [2.45, 2.75) is 18.7 Å². The number of nitriles is 1. The molecule has 0 spiro atoms. The van der Waals surface area contributed by atoms with E-state index in [0.29, 0.717) is 17.7 Å². The van der Waals surface area contributed by atoms with Gasteiger partial charge in [0.25, 0.3) is 10.0 Å². The highest BCUT2D eigenvalue weighted by molar-refractivity contribution is 7.92. The summed E-state index contributed by atoms with van der Waals surface area (Å²) >= 11 is 0. The Labute approximate surface area is 121 Å². The molecule has 0 aliphatic rings. The molecule has 0 amide bonds. The molecule has 0 aliphatic heterocycles. The van der Waals surface area contributed by atoms with Crippen molar-refractivity contribution in [2.75, 3.05) is 11.3 Å². The normalized spacial score (nSPS) is 10.9. The van der Waals surface area contributed by atoms with Crippen LogP contribution in [-0.4, -0.2) is 30.2 Å². The smallest absolute Gasteiger partial charge is 0.337 e. The van der Waals surface area contributed by atoms with Crippen molar-refractivity contribution >= 4 is 16.0 Å². The highest BCUT2D eigenvalue weighted by Crippen LogP contribution is 2.17. The average molecular weight is 307 g/mol. The Morgan fingerprint density at radius 2 is 2.24 bits per heavy atom. The van der Waals surface area contributed by atoms with Crippen LogP contribution in [-0.2, 0) is 10.0 Å². The third kappa shape index (κ3) is 3.29. The first-order valence-electron chi connectivity index (χ1n) is 6.05. The molecule has 8 nitrogen and oxygen atoms in total. The van der Waals surface area contributed by atoms with Crippen molar-refractivity contribution in [2.24, 2.45) is 0 Å². The molecule has 2 N–H and O–H groups in total. The molecule has 1 aromatic carbocycles. The maximum absolute atomic E-state index is 12.2. The summed E-state index contributed by atoms with van der Waals surface area (Å²) in [4.78, 5) is 3.87. The number of nitrogens with one attached hydrogen (secondary N) is 2. The van der Waals surface area contributed by atoms with Gasteiger partial charge in [-0.3, -0.25) is 0 Å². The number of aryl methyl sites for hydroxylation is 1. The first kappa shape index (κ1) is 14.8. The molecule has 0 unspecified atom stereocenters. The summed E-state index contributed by atoms with van der Waals surface area (Å²) in [6.07, 6.45) is 0. The monoisotopic (exact) mass is 307 g/mol. The quantitative estimate of drug-likeness (QED) is 0.855. The van der Waals surface area contributed by atoms with E-state index in [1.165, 1.54) is 18.2 Å². The van der Waals surface area contributed by atoms with E-state index in [1.54, 1.807) is 13.8 Å². The number of aromatic nitrogens is 3. The number of benzene rings is 1. The number of anilines is 1. The predicted octanol–water partition coefficient (Wildman–Crippen LogP) is 1.18. The standard InChI is InChI=1S/C12H13N5O3S/c1-3-20-12-14-11(15-16-12)17-21(18,19)10-5-4-9(7-13)8(2)6-10/h4-6H,3H2,1-2H3,(H2,14,15,16,17). The third-order valence-electron chi connectivity index (χ3n) is 2.60. The van der Waals surface area contributed by atoms with Gasteiger partial charge in [0.15, 0.2) is 0 Å². The minimum Gasteiger partial charge on any atom is -0.463 e. The molecule has 21 heavy (non-hydrogen) atoms. The van der Waals surface area contributed by atoms with Crippen molar-refractivity contribution in [1.29, 1.82) is 5.26 Å². The number of rotatable bonds is 5. The van der Waals surface area contributed by atoms with Crippen LogP contribution in [0.5, 0.6) is 6.01 Å². The zero-order valence-electron chi connectivity index (χ0n) is 11.4. The lowest BCUT2D eigenvalue weighted by molar-refractivity contribution is 0.314. The molecule has 1 heterocycles. The summed E-state index contributed by atoms with van der Waals surface area (Å²) in [5.41, 5.74) is 1.00. The van der Waals surface area contributed by atoms with Crippen LogP contribution in [0.1, 0.15) is 18.1 Å². The van der Waals surface area contributed by atoms with Crippen LogP contribution in [0.25, 0.3) is 0 Å². The van der Waals surface area contributed by atoms with E-state index in [4.69, 9.17) is 10.00 Å². The molecule has 0 aliphatic carbocycles. The van der Waals surface area contributed by atoms with Gasteiger partial charge < -0.3 is 4.74 Å². The van der Waals surface area contributed by atoms with Crippen LogP contribution in [0.2, 0.25) is 0 Å². The number of ether oxygens (including phenoxy) is 1. The molecule has 0 fully saturated rings. The number of hydrogen-bond acceptors (Lipinski definition) is 6. The van der Waals surface area contributed by atoms with E-state index in [2.05, 4.69) is 19.9 Å². The summed E-state index contributed by atoms with van der Waals surface area (Å²) in [7, 11) is -3.81. The Morgan fingerprint density at radius 3 is 2.86 bits per heavy atom. The molecule has 2 rings (SSSR count). The molecule has 1 aromatic heterocycles. The Kier molecular flexibility index (Phi) is 4.09. The van der Waals surface area contributed by atoms with E-state index in [-0.39, 0.29) is 16.9 Å². The molecule has 0 saturated carbocycles. The van der Waals surface area contributed by atoms with Crippen molar-refractivity contribution in [3.05, 3.63) is 29.3 Å². The van der Waals surface area contributed by atoms with Gasteiger partial charge in [0.2, 0.25) is 5.95 Å². The van der Waals surface area contributed by atoms with Crippen LogP contribution in [0.15, 0.2) is 23.1 Å². The first-order chi connectivity index (χ1) is 9.96. The predicted molar refractivity (Wildman–Crippen MR) is 74.3 cm³/mol. The lowest BCUT2D eigenvalue weighted by Gasteiger charge is -2.06. The van der Waals surface area contributed by atoms with Crippen LogP contribution < -0.4 is 9.46 Å². The van der Waals surface area contributed by atoms with E-state index in [1.807, 2.05) is 6.07 Å². The SMILES string of the molecule is CCOc1n[nH]c(NS(=O)(=O)c2ccc(C#N)c(C)c2)n1. The van der Waals surface area contributed by atoms with Crippen LogP contribution in [0, 0.1) is 18.3 Å². The minimum atomic E-state index is -3.81. The van der Waals surface area contributed by atoms with Crippen molar-refractivity contribution < 1.29 is 13.2 Å². The lowest BCUT2D eigenvalue weighted by atomic mass is 10.1. The topological polar surface area (TPSA) is 121 Å². The van der Waals surface area contributed by atoms with Gasteiger partial charge in [0, 0.05) is 0 Å². The third-order valence-corrected chi connectivity index (χ3v) is 3.93. The first-order valence-corrected chi connectivity index (χ1v) is 7.53. The molecule has 2 aromatic rings. The number of aromatic amines is 1. The molecule has 0 radical (unpaired) electrons. The largest absolute Gasteiger partial charge is 0.463 e. The lowest BCUT2D eigenvalue weighted by Crippen LogP contribution is -2.14. The van der Waals surface area contributed by atoms with Gasteiger partial charge in [-0.25, -0.2) is 18.2 Å². The summed E-state index contributed by atoms with van der Waals surface area (Å²) in [5.74, 6) is -0.0412. The zero-order chi connectivity index (χ0) is 15.5. The molecule has 0 saturated heterocycles. The van der Waals surface area contributed by atoms with Crippen molar-refractivity contribution in [3.63, 3.8) is 0 Å². The van der Waals surface area contributed by atoms with E-state index < -0.39 is 10.0 Å². The Hall–Kier alpha value is -2.60. The highest BCUT2D eigenvalue weighted by atomic mass is 32.2. The number of sulfonamides is 1. The van der Waals surface area contributed by atoms with Crippen LogP contribution >= 0.6 is 0 Å². The fourth-order valence-corrected chi connectivity index (χ4v) is 2.64. The number of hydrogen-bond donors (Lipinski definition) is 2. The van der Waals surface area contributed by atoms with Gasteiger partial charge in [0.1, 0.15) is 0 Å². The molecule has 9 heteroatoms. The van der Waals surface area contributed by atoms with Gasteiger partial charge in [-0.1, -0.05) is 0 Å². The summed E-state index contributed by atoms with van der Waals surface area (Å²) in [5, 5.41) is 15.0. The van der Waals surface area contributed by atoms with Gasteiger partial charge in [-0.15, -0.1) is 5.10 Å². The second-order valence-corrected chi connectivity index (χ2v) is 5.78. The van der Waals surface area contributed by atoms with Crippen molar-refractivity contribution in [3.8, 4) is 12.1 Å². The Balaban J connectivity index is 2.25. The fourth-order valence-electron chi connectivity index (χ4n) is 1.60. The van der Waals surface area contributed by atoms with Crippen LogP contribution in [0.3, 0.4) is 0 Å². The maximum Gasteiger partial charge on any atom is 0.337 e. The van der Waals surface area contributed by atoms with E-state index in [0.717, 1.165) is 0 Å². The Bertz CT molecular complexity index is 791. The van der Waals surface area contributed by atoms with Gasteiger partial charge >= 0.3 is 6.01 Å². The van der Waals surface area contributed by atoms with Crippen LogP contribution in [0.4, 0.5) is 5.95 Å². The summed E-state index contributed by atoms with van der Waals surface area (Å²) in [6.45, 7) is 3.80. The Morgan fingerprint density at radius 1 is 1.48 bits per heavy atom. The molecule has 0 bridgehead atoms. The minimum absolute atomic E-state index is 0.0355. The van der Waals surface area contributed by atoms with Gasteiger partial charge in [-0.2, -0.15) is 10.2 Å². The molecular formula is C12H13N5O3S. The van der Waals surface area contributed by atoms with Crippen molar-refractivity contribution in [1.82, 2.24) is 15.2 Å². The number of H-pyrrole nitrogens is 1. The molecule has 0 atom stereocenters. The number of nitrogens with zero attached hydrogens (tertiary/aromatic N) is 3. The average Bonchev–Trinajstić information content (AvgIpc) is 2.85. The second-order valence-electron chi connectivity index (χ2n) is 4.09. The van der Waals surface area contributed by atoms with Gasteiger partial charge in [-0.05, 0) is 37.6 Å². The fraction of sp³-hybridized carbons (Fsp3) is 0.250. The van der Waals surface area contributed by atoms with Gasteiger partial charge in [0.05, 0.1) is 23.1 Å².